The van der Waals surface area contributed by atoms with Crippen molar-refractivity contribution in [2.45, 2.75) is 39.8 Å². The van der Waals surface area contributed by atoms with Gasteiger partial charge in [-0.15, -0.1) is 0 Å². The maximum Gasteiger partial charge on any atom is 0.251 e. The third kappa shape index (κ3) is 7.90. The van der Waals surface area contributed by atoms with Crippen molar-refractivity contribution in [1.29, 1.82) is 0 Å². The first-order valence-corrected chi connectivity index (χ1v) is 12.7. The molecule has 2 amide bonds. The molecule has 0 aliphatic rings. The normalized spacial score (nSPS) is 10.4. The van der Waals surface area contributed by atoms with Crippen LogP contribution in [0.15, 0.2) is 60.7 Å². The van der Waals surface area contributed by atoms with E-state index in [1.807, 2.05) is 50.2 Å². The molecule has 0 bridgehead atoms. The molecule has 2 N–H and O–H groups in total. The van der Waals surface area contributed by atoms with Crippen molar-refractivity contribution in [3.63, 3.8) is 0 Å². The van der Waals surface area contributed by atoms with Gasteiger partial charge in [0.15, 0.2) is 23.0 Å². The Morgan fingerprint density at radius 1 is 0.605 bits per heavy atom. The second-order valence-electron chi connectivity index (χ2n) is 8.61. The second kappa shape index (κ2) is 14.5. The summed E-state index contributed by atoms with van der Waals surface area (Å²) < 4.78 is 22.1. The molecule has 0 aromatic heterocycles. The molecule has 0 heterocycles. The molecule has 8 heteroatoms. The molecule has 0 unspecified atom stereocenters. The number of nitrogens with one attached hydrogen (secondary N) is 2. The number of rotatable bonds is 14. The molecular weight excluding hydrogens is 484 g/mol. The largest absolute Gasteiger partial charge is 0.493 e. The van der Waals surface area contributed by atoms with Gasteiger partial charge in [-0.3, -0.25) is 9.59 Å². The summed E-state index contributed by atoms with van der Waals surface area (Å²) in [5.74, 6) is 2.13. The molecule has 0 aliphatic heterocycles. The Morgan fingerprint density at radius 3 is 1.34 bits per heavy atom. The van der Waals surface area contributed by atoms with Gasteiger partial charge in [0.2, 0.25) is 0 Å². The van der Waals surface area contributed by atoms with Gasteiger partial charge < -0.3 is 29.6 Å². The minimum Gasteiger partial charge on any atom is -0.493 e. The standard InChI is InChI=1S/C30H36N2O6/c1-5-15-37-25-13-7-21(17-27(25)35-3)19-31-29(33)23-9-11-24(12-10-23)30(34)32-20-22-8-14-26(38-16-6-2)28(18-22)36-4/h7-14,17-18H,5-6,15-16,19-20H2,1-4H3,(H,31,33)(H,32,34). The summed E-state index contributed by atoms with van der Waals surface area (Å²) in [5, 5.41) is 5.79. The number of benzene rings is 3. The van der Waals surface area contributed by atoms with Crippen molar-refractivity contribution < 1.29 is 28.5 Å². The summed E-state index contributed by atoms with van der Waals surface area (Å²) in [5.41, 5.74) is 2.70. The van der Waals surface area contributed by atoms with Crippen LogP contribution in [0.4, 0.5) is 0 Å². The summed E-state index contributed by atoms with van der Waals surface area (Å²) in [6, 6.07) is 17.7. The highest BCUT2D eigenvalue weighted by Crippen LogP contribution is 2.29. The van der Waals surface area contributed by atoms with Crippen LogP contribution in [-0.4, -0.2) is 39.2 Å². The van der Waals surface area contributed by atoms with Gasteiger partial charge in [-0.05, 0) is 72.5 Å². The third-order valence-corrected chi connectivity index (χ3v) is 5.69. The zero-order chi connectivity index (χ0) is 27.3. The van der Waals surface area contributed by atoms with E-state index in [0.29, 0.717) is 60.4 Å². The number of methoxy groups -OCH3 is 2. The average molecular weight is 521 g/mol. The predicted molar refractivity (Wildman–Crippen MR) is 146 cm³/mol. The van der Waals surface area contributed by atoms with E-state index in [-0.39, 0.29) is 11.8 Å². The highest BCUT2D eigenvalue weighted by Gasteiger charge is 2.12. The van der Waals surface area contributed by atoms with Crippen molar-refractivity contribution in [3.8, 4) is 23.0 Å². The van der Waals surface area contributed by atoms with E-state index in [2.05, 4.69) is 10.6 Å². The smallest absolute Gasteiger partial charge is 0.251 e. The van der Waals surface area contributed by atoms with Gasteiger partial charge in [0.05, 0.1) is 27.4 Å². The molecule has 0 saturated carbocycles. The average Bonchev–Trinajstić information content (AvgIpc) is 2.96. The molecule has 0 fully saturated rings. The van der Waals surface area contributed by atoms with Crippen molar-refractivity contribution in [2.75, 3.05) is 27.4 Å². The number of carbonyl (C=O) groups is 2. The zero-order valence-electron chi connectivity index (χ0n) is 22.5. The van der Waals surface area contributed by atoms with E-state index in [4.69, 9.17) is 18.9 Å². The molecule has 3 rings (SSSR count). The highest BCUT2D eigenvalue weighted by atomic mass is 16.5. The zero-order valence-corrected chi connectivity index (χ0v) is 22.5. The second-order valence-corrected chi connectivity index (χ2v) is 8.61. The summed E-state index contributed by atoms with van der Waals surface area (Å²) in [4.78, 5) is 25.3. The van der Waals surface area contributed by atoms with Gasteiger partial charge >= 0.3 is 0 Å². The predicted octanol–water partition coefficient (Wildman–Crippen LogP) is 5.14. The van der Waals surface area contributed by atoms with Crippen molar-refractivity contribution in [1.82, 2.24) is 10.6 Å². The SMILES string of the molecule is CCCOc1ccc(CNC(=O)c2ccc(C(=O)NCc3ccc(OCCC)c(OC)c3)cc2)cc1OC. The monoisotopic (exact) mass is 520 g/mol. The van der Waals surface area contributed by atoms with Crippen molar-refractivity contribution in [2.24, 2.45) is 0 Å². The number of hydrogen-bond acceptors (Lipinski definition) is 6. The van der Waals surface area contributed by atoms with Crippen LogP contribution in [-0.2, 0) is 13.1 Å². The van der Waals surface area contributed by atoms with Crippen LogP contribution in [0.2, 0.25) is 0 Å². The molecule has 202 valence electrons. The lowest BCUT2D eigenvalue weighted by Crippen LogP contribution is -2.24. The first-order chi connectivity index (χ1) is 18.5. The van der Waals surface area contributed by atoms with Crippen LogP contribution >= 0.6 is 0 Å². The molecule has 0 saturated heterocycles. The van der Waals surface area contributed by atoms with Crippen LogP contribution < -0.4 is 29.6 Å². The van der Waals surface area contributed by atoms with E-state index in [9.17, 15) is 9.59 Å². The molecule has 0 aliphatic carbocycles. The minimum absolute atomic E-state index is 0.236. The Morgan fingerprint density at radius 2 is 1.00 bits per heavy atom. The lowest BCUT2D eigenvalue weighted by molar-refractivity contribution is 0.0939. The van der Waals surface area contributed by atoms with Crippen LogP contribution in [0, 0.1) is 0 Å². The van der Waals surface area contributed by atoms with E-state index in [0.717, 1.165) is 24.0 Å². The fraction of sp³-hybridized carbons (Fsp3) is 0.333. The number of amides is 2. The molecule has 3 aromatic rings. The first-order valence-electron chi connectivity index (χ1n) is 12.7. The van der Waals surface area contributed by atoms with E-state index in [1.165, 1.54) is 0 Å². The minimum atomic E-state index is -0.236. The Labute approximate surface area is 224 Å². The molecule has 38 heavy (non-hydrogen) atoms. The van der Waals surface area contributed by atoms with Gasteiger partial charge in [-0.2, -0.15) is 0 Å². The Bertz CT molecular complexity index is 1120. The molecular formula is C30H36N2O6. The van der Waals surface area contributed by atoms with Crippen LogP contribution in [0.1, 0.15) is 58.5 Å². The van der Waals surface area contributed by atoms with Gasteiger partial charge in [0.25, 0.3) is 11.8 Å². The van der Waals surface area contributed by atoms with Crippen molar-refractivity contribution >= 4 is 11.8 Å². The quantitative estimate of drug-likeness (QED) is 0.306. The number of ether oxygens (including phenoxy) is 4. The maximum atomic E-state index is 12.6. The molecule has 0 radical (unpaired) electrons. The van der Waals surface area contributed by atoms with Crippen LogP contribution in [0.25, 0.3) is 0 Å². The van der Waals surface area contributed by atoms with Crippen LogP contribution in [0.3, 0.4) is 0 Å². The number of hydrogen-bond donors (Lipinski definition) is 2. The van der Waals surface area contributed by atoms with Crippen molar-refractivity contribution in [3.05, 3.63) is 82.9 Å². The van der Waals surface area contributed by atoms with Gasteiger partial charge in [-0.25, -0.2) is 0 Å². The molecule has 3 aromatic carbocycles. The van der Waals surface area contributed by atoms with Crippen LogP contribution in [0.5, 0.6) is 23.0 Å². The fourth-order valence-corrected chi connectivity index (χ4v) is 3.65. The summed E-state index contributed by atoms with van der Waals surface area (Å²) in [6.45, 7) is 5.95. The number of carbonyl (C=O) groups excluding carboxylic acids is 2. The Hall–Kier alpha value is -4.20. The molecule has 8 nitrogen and oxygen atoms in total. The molecule has 0 atom stereocenters. The Kier molecular flexibility index (Phi) is 10.8. The van der Waals surface area contributed by atoms with E-state index in [1.54, 1.807) is 38.5 Å². The summed E-state index contributed by atoms with van der Waals surface area (Å²) in [6.07, 6.45) is 1.80. The third-order valence-electron chi connectivity index (χ3n) is 5.69. The summed E-state index contributed by atoms with van der Waals surface area (Å²) >= 11 is 0. The van der Waals surface area contributed by atoms with Gasteiger partial charge in [0, 0.05) is 24.2 Å². The fourth-order valence-electron chi connectivity index (χ4n) is 3.65. The van der Waals surface area contributed by atoms with E-state index < -0.39 is 0 Å². The van der Waals surface area contributed by atoms with Gasteiger partial charge in [-0.1, -0.05) is 26.0 Å². The molecule has 0 spiro atoms. The topological polar surface area (TPSA) is 95.1 Å². The Balaban J connectivity index is 1.53. The lowest BCUT2D eigenvalue weighted by Gasteiger charge is -2.13. The summed E-state index contributed by atoms with van der Waals surface area (Å²) in [7, 11) is 3.18. The van der Waals surface area contributed by atoms with E-state index >= 15 is 0 Å². The lowest BCUT2D eigenvalue weighted by atomic mass is 10.1. The van der Waals surface area contributed by atoms with Gasteiger partial charge in [0.1, 0.15) is 0 Å². The maximum absolute atomic E-state index is 12.6. The first kappa shape index (κ1) is 28.4. The highest BCUT2D eigenvalue weighted by molar-refractivity contribution is 5.97.